The molecule has 0 saturated heterocycles. The van der Waals surface area contributed by atoms with E-state index in [-0.39, 0.29) is 21.5 Å². The molecule has 0 bridgehead atoms. The lowest BCUT2D eigenvalue weighted by molar-refractivity contribution is 0.596. The molecule has 0 atom stereocenters. The number of benzene rings is 6. The maximum atomic E-state index is 13.1. The fourth-order valence-electron chi connectivity index (χ4n) is 4.58. The zero-order chi connectivity index (χ0) is 34.8. The van der Waals surface area contributed by atoms with Gasteiger partial charge in [-0.15, -0.1) is 8.80 Å². The number of rotatable bonds is 11. The fourth-order valence-corrected chi connectivity index (χ4v) is 8.50. The molecule has 0 fully saturated rings. The van der Waals surface area contributed by atoms with E-state index in [4.69, 9.17) is 0 Å². The van der Waals surface area contributed by atoms with Crippen molar-refractivity contribution in [2.24, 2.45) is 8.80 Å². The van der Waals surface area contributed by atoms with E-state index in [9.17, 15) is 16.8 Å². The third-order valence-corrected chi connectivity index (χ3v) is 12.1. The van der Waals surface area contributed by atoms with E-state index >= 15 is 0 Å². The van der Waals surface area contributed by atoms with Gasteiger partial charge in [-0.05, 0) is 72.8 Å². The number of hydrogen-bond donors (Lipinski definition) is 2. The first-order valence-electron chi connectivity index (χ1n) is 15.2. The molecule has 250 valence electrons. The van der Waals surface area contributed by atoms with Gasteiger partial charge in [0.1, 0.15) is 0 Å². The van der Waals surface area contributed by atoms with Crippen LogP contribution < -0.4 is 10.6 Å². The summed E-state index contributed by atoms with van der Waals surface area (Å²) in [6.45, 7) is 0. The smallest absolute Gasteiger partial charge is 0.284 e. The summed E-state index contributed by atoms with van der Waals surface area (Å²) in [4.78, 5) is 2.21. The topological polar surface area (TPSA) is 117 Å². The number of amidine groups is 2. The highest BCUT2D eigenvalue weighted by Gasteiger charge is 2.17. The minimum absolute atomic E-state index is 0.114. The Kier molecular flexibility index (Phi) is 11.1. The Morgan fingerprint density at radius 2 is 0.700 bits per heavy atom. The van der Waals surface area contributed by atoms with Gasteiger partial charge in [-0.25, -0.2) is 0 Å². The Morgan fingerprint density at radius 1 is 0.400 bits per heavy atom. The first-order valence-corrected chi connectivity index (χ1v) is 20.3. The third kappa shape index (κ3) is 9.30. The van der Waals surface area contributed by atoms with Gasteiger partial charge in [0.05, 0.1) is 9.79 Å². The molecule has 0 unspecified atom stereocenters. The normalized spacial score (nSPS) is 12.3. The summed E-state index contributed by atoms with van der Waals surface area (Å²) < 4.78 is 60.5. The van der Waals surface area contributed by atoms with Gasteiger partial charge in [-0.2, -0.15) is 16.8 Å². The van der Waals surface area contributed by atoms with Crippen LogP contribution in [0.3, 0.4) is 0 Å². The molecule has 2 N–H and O–H groups in total. The first kappa shape index (κ1) is 34.7. The van der Waals surface area contributed by atoms with Crippen LogP contribution in [0.5, 0.6) is 0 Å². The average Bonchev–Trinajstić information content (AvgIpc) is 3.16. The van der Waals surface area contributed by atoms with Crippen LogP contribution in [0.1, 0.15) is 11.1 Å². The molecular weight excluding hydrogens is 705 g/mol. The third-order valence-electron chi connectivity index (χ3n) is 7.07. The predicted molar refractivity (Wildman–Crippen MR) is 205 cm³/mol. The van der Waals surface area contributed by atoms with Gasteiger partial charge in [0.2, 0.25) is 0 Å². The van der Waals surface area contributed by atoms with Crippen molar-refractivity contribution in [1.29, 1.82) is 0 Å². The molecule has 0 spiro atoms. The van der Waals surface area contributed by atoms with Crippen LogP contribution in [0.15, 0.2) is 198 Å². The standard InChI is InChI=1S/C38H30N4O4S4/c43-49(44,35-17-9-3-10-18-35)41-37(29-13-5-1-6-14-29)39-31-21-25-33(26-22-31)47-48-34-27-23-32(24-28-34)40-38(30-15-7-2-8-16-30)42-50(45,46)36-19-11-4-12-20-36/h1-28H,(H,39,41)(H,40,42). The Balaban J connectivity index is 1.12. The van der Waals surface area contributed by atoms with E-state index in [2.05, 4.69) is 19.4 Å². The lowest BCUT2D eigenvalue weighted by Gasteiger charge is -2.12. The van der Waals surface area contributed by atoms with Gasteiger partial charge in [0.25, 0.3) is 20.0 Å². The summed E-state index contributed by atoms with van der Waals surface area (Å²) in [7, 11) is -4.75. The SMILES string of the molecule is O=S(=O)(N=C(Nc1ccc(SSc2ccc(N/C(=N\S(=O)(=O)c3ccccc3)c3ccccc3)cc2)cc1)c1ccccc1)c1ccccc1. The van der Waals surface area contributed by atoms with Gasteiger partial charge in [0.15, 0.2) is 11.7 Å². The van der Waals surface area contributed by atoms with Gasteiger partial charge < -0.3 is 10.6 Å². The van der Waals surface area contributed by atoms with Crippen LogP contribution in [0.25, 0.3) is 0 Å². The molecule has 0 heterocycles. The lowest BCUT2D eigenvalue weighted by atomic mass is 10.2. The summed E-state index contributed by atoms with van der Waals surface area (Å²) >= 11 is 0. The van der Waals surface area contributed by atoms with Crippen LogP contribution in [-0.4, -0.2) is 28.5 Å². The zero-order valence-electron chi connectivity index (χ0n) is 26.3. The maximum absolute atomic E-state index is 13.1. The van der Waals surface area contributed by atoms with Gasteiger partial charge in [0, 0.05) is 32.3 Å². The number of nitrogens with zero attached hydrogens (tertiary/aromatic N) is 2. The molecule has 0 radical (unpaired) electrons. The lowest BCUT2D eigenvalue weighted by Crippen LogP contribution is -2.16. The van der Waals surface area contributed by atoms with Crippen LogP contribution in [-0.2, 0) is 20.0 Å². The van der Waals surface area contributed by atoms with Crippen molar-refractivity contribution >= 4 is 64.7 Å². The molecular formula is C38H30N4O4S4. The Bertz CT molecular complexity index is 2140. The summed E-state index contributed by atoms with van der Waals surface area (Å²) in [6, 6.07) is 49.7. The summed E-state index contributed by atoms with van der Waals surface area (Å²) in [5.74, 6) is 0.437. The van der Waals surface area contributed by atoms with Crippen molar-refractivity contribution in [3.63, 3.8) is 0 Å². The summed E-state index contributed by atoms with van der Waals surface area (Å²) in [5, 5.41) is 6.36. The Morgan fingerprint density at radius 3 is 1.02 bits per heavy atom. The van der Waals surface area contributed by atoms with Gasteiger partial charge in [-0.3, -0.25) is 0 Å². The summed E-state index contributed by atoms with van der Waals surface area (Å²) in [5.41, 5.74) is 2.65. The van der Waals surface area contributed by atoms with Gasteiger partial charge >= 0.3 is 0 Å². The molecule has 8 nitrogen and oxygen atoms in total. The minimum Gasteiger partial charge on any atom is -0.339 e. The highest BCUT2D eigenvalue weighted by molar-refractivity contribution is 8.76. The van der Waals surface area contributed by atoms with Crippen LogP contribution in [0, 0.1) is 0 Å². The monoisotopic (exact) mass is 734 g/mol. The highest BCUT2D eigenvalue weighted by Crippen LogP contribution is 2.38. The number of sulfonamides is 2. The van der Waals surface area contributed by atoms with Crippen molar-refractivity contribution in [1.82, 2.24) is 0 Å². The molecule has 12 heteroatoms. The number of hydrogen-bond acceptors (Lipinski definition) is 6. The van der Waals surface area contributed by atoms with Crippen molar-refractivity contribution < 1.29 is 16.8 Å². The molecule has 0 amide bonds. The Hall–Kier alpha value is -5.14. The first-order chi connectivity index (χ1) is 24.2. The van der Waals surface area contributed by atoms with E-state index in [1.54, 1.807) is 82.3 Å². The quantitative estimate of drug-likeness (QED) is 0.0770. The molecule has 0 aromatic heterocycles. The van der Waals surface area contributed by atoms with E-state index < -0.39 is 20.0 Å². The molecule has 6 rings (SSSR count). The summed E-state index contributed by atoms with van der Waals surface area (Å²) in [6.07, 6.45) is 0. The molecule has 0 aliphatic rings. The van der Waals surface area contributed by atoms with Crippen molar-refractivity contribution in [3.8, 4) is 0 Å². The van der Waals surface area contributed by atoms with Crippen molar-refractivity contribution in [2.75, 3.05) is 10.6 Å². The van der Waals surface area contributed by atoms with Crippen LogP contribution in [0.2, 0.25) is 0 Å². The second-order valence-corrected chi connectivity index (χ2v) is 16.1. The largest absolute Gasteiger partial charge is 0.339 e. The van der Waals surface area contributed by atoms with Crippen LogP contribution in [0.4, 0.5) is 11.4 Å². The van der Waals surface area contributed by atoms with E-state index in [1.807, 2.05) is 84.9 Å². The maximum Gasteiger partial charge on any atom is 0.284 e. The zero-order valence-corrected chi connectivity index (χ0v) is 29.6. The fraction of sp³-hybridized carbons (Fsp3) is 0. The second kappa shape index (κ2) is 16.0. The predicted octanol–water partition coefficient (Wildman–Crippen LogP) is 8.98. The Labute approximate surface area is 300 Å². The number of anilines is 2. The highest BCUT2D eigenvalue weighted by atomic mass is 33.1. The molecule has 0 aliphatic carbocycles. The average molecular weight is 735 g/mol. The van der Waals surface area contributed by atoms with E-state index in [1.165, 1.54) is 24.3 Å². The molecule has 6 aromatic rings. The number of nitrogens with one attached hydrogen (secondary N) is 2. The van der Waals surface area contributed by atoms with Crippen molar-refractivity contribution in [3.05, 3.63) is 181 Å². The molecule has 6 aromatic carbocycles. The second-order valence-electron chi connectivity index (χ2n) is 10.7. The molecule has 50 heavy (non-hydrogen) atoms. The molecule has 0 saturated carbocycles. The van der Waals surface area contributed by atoms with E-state index in [0.717, 1.165) is 9.79 Å². The van der Waals surface area contributed by atoms with E-state index in [0.29, 0.717) is 22.5 Å². The minimum atomic E-state index is -3.94. The van der Waals surface area contributed by atoms with Crippen molar-refractivity contribution in [2.45, 2.75) is 19.6 Å². The van der Waals surface area contributed by atoms with Crippen LogP contribution >= 0.6 is 21.6 Å². The molecule has 0 aliphatic heterocycles. The van der Waals surface area contributed by atoms with Gasteiger partial charge in [-0.1, -0.05) is 119 Å².